The summed E-state index contributed by atoms with van der Waals surface area (Å²) in [7, 11) is 0. The van der Waals surface area contributed by atoms with Crippen LogP contribution in [-0.4, -0.2) is 0 Å². The first kappa shape index (κ1) is 23.9. The highest BCUT2D eigenvalue weighted by atomic mass is 35.5. The molecule has 0 unspecified atom stereocenters. The minimum Gasteiger partial charge on any atom is -0.399 e. The van der Waals surface area contributed by atoms with E-state index in [4.69, 9.17) is 69.3 Å². The van der Waals surface area contributed by atoms with Crippen LogP contribution in [-0.2, 0) is 0 Å². The molecule has 164 valence electrons. The molecule has 0 spiro atoms. The number of hydrogen-bond donors (Lipinski definition) is 4. The first-order valence-electron chi connectivity index (χ1n) is 9.36. The summed E-state index contributed by atoms with van der Waals surface area (Å²) in [5, 5.41) is 2.22. The quantitative estimate of drug-likeness (QED) is 0.210. The van der Waals surface area contributed by atoms with Crippen LogP contribution in [0.3, 0.4) is 0 Å². The van der Waals surface area contributed by atoms with Gasteiger partial charge in [0.1, 0.15) is 0 Å². The lowest BCUT2D eigenvalue weighted by atomic mass is 10.0. The Hall–Kier alpha value is -2.76. The van der Waals surface area contributed by atoms with Gasteiger partial charge in [0.15, 0.2) is 0 Å². The zero-order chi connectivity index (χ0) is 23.4. The topological polar surface area (TPSA) is 104 Å². The summed E-state index contributed by atoms with van der Waals surface area (Å²) < 4.78 is 0. The largest absolute Gasteiger partial charge is 0.399 e. The van der Waals surface area contributed by atoms with Gasteiger partial charge in [-0.2, -0.15) is 0 Å². The van der Waals surface area contributed by atoms with Crippen molar-refractivity contribution in [1.29, 1.82) is 0 Å². The minimum absolute atomic E-state index is 0.533. The van der Waals surface area contributed by atoms with E-state index in [0.29, 0.717) is 42.8 Å². The average molecular weight is 506 g/mol. The van der Waals surface area contributed by atoms with Crippen LogP contribution in [0.15, 0.2) is 72.8 Å². The SMILES string of the molecule is Nc1ccc(-c2ccc(N)c(Cl)c2)cc1Cl.Nc1ccc(-c2ccc(N)cc2Cl)c(Cl)c1. The molecule has 4 aromatic rings. The van der Waals surface area contributed by atoms with E-state index < -0.39 is 0 Å². The molecule has 0 aliphatic rings. The van der Waals surface area contributed by atoms with Crippen molar-refractivity contribution in [2.75, 3.05) is 22.9 Å². The van der Waals surface area contributed by atoms with Gasteiger partial charge in [-0.05, 0) is 59.7 Å². The fourth-order valence-electron chi connectivity index (χ4n) is 2.91. The van der Waals surface area contributed by atoms with E-state index in [-0.39, 0.29) is 0 Å². The molecule has 32 heavy (non-hydrogen) atoms. The predicted octanol–water partition coefficient (Wildman–Crippen LogP) is 7.65. The van der Waals surface area contributed by atoms with E-state index in [1.807, 2.05) is 24.3 Å². The van der Waals surface area contributed by atoms with Crippen LogP contribution in [0.2, 0.25) is 20.1 Å². The Morgan fingerprint density at radius 3 is 1.09 bits per heavy atom. The van der Waals surface area contributed by atoms with Crippen molar-refractivity contribution in [2.24, 2.45) is 0 Å². The molecule has 0 saturated carbocycles. The number of hydrogen-bond acceptors (Lipinski definition) is 4. The van der Waals surface area contributed by atoms with E-state index in [9.17, 15) is 0 Å². The van der Waals surface area contributed by atoms with Gasteiger partial charge in [-0.15, -0.1) is 0 Å². The fourth-order valence-corrected chi connectivity index (χ4v) is 3.86. The van der Waals surface area contributed by atoms with Gasteiger partial charge in [-0.3, -0.25) is 0 Å². The fraction of sp³-hybridized carbons (Fsp3) is 0. The van der Waals surface area contributed by atoms with Gasteiger partial charge >= 0.3 is 0 Å². The molecular weight excluding hydrogens is 486 g/mol. The van der Waals surface area contributed by atoms with Crippen LogP contribution in [0.4, 0.5) is 22.7 Å². The average Bonchev–Trinajstić information content (AvgIpc) is 2.73. The van der Waals surface area contributed by atoms with Gasteiger partial charge in [-0.1, -0.05) is 70.7 Å². The van der Waals surface area contributed by atoms with Gasteiger partial charge in [0, 0.05) is 22.5 Å². The molecule has 0 atom stereocenters. The number of benzene rings is 4. The van der Waals surface area contributed by atoms with E-state index >= 15 is 0 Å². The molecular formula is C24H20Cl4N4. The van der Waals surface area contributed by atoms with Gasteiger partial charge < -0.3 is 22.9 Å². The van der Waals surface area contributed by atoms with Gasteiger partial charge in [0.25, 0.3) is 0 Å². The molecule has 0 heterocycles. The van der Waals surface area contributed by atoms with E-state index in [1.165, 1.54) is 0 Å². The zero-order valence-corrected chi connectivity index (χ0v) is 19.8. The molecule has 0 aliphatic carbocycles. The molecule has 4 rings (SSSR count). The molecule has 8 N–H and O–H groups in total. The van der Waals surface area contributed by atoms with E-state index in [2.05, 4.69) is 0 Å². The highest BCUT2D eigenvalue weighted by molar-refractivity contribution is 6.37. The molecule has 4 nitrogen and oxygen atoms in total. The third-order valence-corrected chi connectivity index (χ3v) is 5.89. The summed E-state index contributed by atoms with van der Waals surface area (Å²) in [6, 6.07) is 21.6. The third-order valence-electron chi connectivity index (χ3n) is 4.61. The lowest BCUT2D eigenvalue weighted by Gasteiger charge is -2.08. The van der Waals surface area contributed by atoms with Gasteiger partial charge in [0.05, 0.1) is 31.5 Å². The molecule has 0 amide bonds. The Morgan fingerprint density at radius 2 is 0.781 bits per heavy atom. The van der Waals surface area contributed by atoms with Crippen molar-refractivity contribution < 1.29 is 0 Å². The van der Waals surface area contributed by atoms with Gasteiger partial charge in [-0.25, -0.2) is 0 Å². The second-order valence-electron chi connectivity index (χ2n) is 6.95. The van der Waals surface area contributed by atoms with Crippen molar-refractivity contribution in [3.8, 4) is 22.3 Å². The Kier molecular flexibility index (Phi) is 7.64. The maximum absolute atomic E-state index is 6.11. The highest BCUT2D eigenvalue weighted by Gasteiger charge is 2.08. The lowest BCUT2D eigenvalue weighted by Crippen LogP contribution is -1.88. The van der Waals surface area contributed by atoms with Crippen molar-refractivity contribution >= 4 is 69.2 Å². The summed E-state index contributed by atoms with van der Waals surface area (Å²) >= 11 is 24.1. The smallest absolute Gasteiger partial charge is 0.0641 e. The van der Waals surface area contributed by atoms with Crippen LogP contribution < -0.4 is 22.9 Å². The summed E-state index contributed by atoms with van der Waals surface area (Å²) in [6.45, 7) is 0. The first-order chi connectivity index (χ1) is 15.2. The zero-order valence-electron chi connectivity index (χ0n) is 16.7. The molecule has 0 saturated heterocycles. The molecule has 0 fully saturated rings. The maximum Gasteiger partial charge on any atom is 0.0641 e. The molecule has 4 aromatic carbocycles. The van der Waals surface area contributed by atoms with E-state index in [0.717, 1.165) is 22.3 Å². The number of anilines is 4. The van der Waals surface area contributed by atoms with Crippen molar-refractivity contribution in [1.82, 2.24) is 0 Å². The standard InChI is InChI=1S/2C12H10Cl2N2/c13-11-5-7(15)1-3-9(11)10-4-2-8(16)6-12(10)14;13-9-5-7(1-3-11(9)15)8-2-4-12(16)10(14)6-8/h2*1-6H,15-16H2. The second-order valence-corrected chi connectivity index (χ2v) is 8.58. The summed E-state index contributed by atoms with van der Waals surface area (Å²) in [6.07, 6.45) is 0. The van der Waals surface area contributed by atoms with Crippen LogP contribution in [0, 0.1) is 0 Å². The number of nitrogen functional groups attached to an aromatic ring is 4. The first-order valence-corrected chi connectivity index (χ1v) is 10.9. The van der Waals surface area contributed by atoms with Crippen LogP contribution in [0.25, 0.3) is 22.3 Å². The summed E-state index contributed by atoms with van der Waals surface area (Å²) in [5.74, 6) is 0. The molecule has 0 aliphatic heterocycles. The lowest BCUT2D eigenvalue weighted by molar-refractivity contribution is 1.60. The maximum atomic E-state index is 6.11. The molecule has 0 aromatic heterocycles. The van der Waals surface area contributed by atoms with Crippen LogP contribution in [0.5, 0.6) is 0 Å². The second kappa shape index (κ2) is 10.2. The van der Waals surface area contributed by atoms with Gasteiger partial charge in [0.2, 0.25) is 0 Å². The van der Waals surface area contributed by atoms with E-state index in [1.54, 1.807) is 48.5 Å². The van der Waals surface area contributed by atoms with Crippen molar-refractivity contribution in [2.45, 2.75) is 0 Å². The Morgan fingerprint density at radius 1 is 0.406 bits per heavy atom. The number of halogens is 4. The molecule has 0 radical (unpaired) electrons. The summed E-state index contributed by atoms with van der Waals surface area (Å²) in [4.78, 5) is 0. The van der Waals surface area contributed by atoms with Crippen LogP contribution in [0.1, 0.15) is 0 Å². The molecule has 8 heteroatoms. The Bertz CT molecular complexity index is 1180. The number of nitrogens with two attached hydrogens (primary N) is 4. The Labute approximate surface area is 206 Å². The van der Waals surface area contributed by atoms with Crippen molar-refractivity contribution in [3.05, 3.63) is 92.9 Å². The highest BCUT2D eigenvalue weighted by Crippen LogP contribution is 2.35. The molecule has 0 bridgehead atoms. The Balaban J connectivity index is 0.000000181. The third kappa shape index (κ3) is 5.72. The van der Waals surface area contributed by atoms with Crippen LogP contribution >= 0.6 is 46.4 Å². The normalized spacial score (nSPS) is 10.4. The monoisotopic (exact) mass is 504 g/mol. The number of rotatable bonds is 2. The minimum atomic E-state index is 0.533. The summed E-state index contributed by atoms with van der Waals surface area (Å²) in [5.41, 5.74) is 28.5. The van der Waals surface area contributed by atoms with Crippen molar-refractivity contribution in [3.63, 3.8) is 0 Å². The predicted molar refractivity (Wildman–Crippen MR) is 141 cm³/mol.